The Morgan fingerprint density at radius 1 is 1.19 bits per heavy atom. The number of methoxy groups -OCH3 is 1. The minimum atomic E-state index is -0.121. The van der Waals surface area contributed by atoms with Crippen molar-refractivity contribution in [2.75, 3.05) is 7.11 Å². The Morgan fingerprint density at radius 2 is 1.96 bits per heavy atom. The average molecular weight is 418 g/mol. The van der Waals surface area contributed by atoms with E-state index < -0.39 is 0 Å². The zero-order chi connectivity index (χ0) is 18.3. The summed E-state index contributed by atoms with van der Waals surface area (Å²) < 4.78 is 7.90. The molecule has 0 amide bonds. The van der Waals surface area contributed by atoms with Crippen LogP contribution in [0.1, 0.15) is 48.8 Å². The maximum absolute atomic E-state index is 12.3. The van der Waals surface area contributed by atoms with Gasteiger partial charge in [-0.25, -0.2) is 0 Å². The molecule has 2 aliphatic rings. The summed E-state index contributed by atoms with van der Waals surface area (Å²) in [6.45, 7) is 0. The lowest BCUT2D eigenvalue weighted by Gasteiger charge is -2.27. The number of esters is 1. The van der Waals surface area contributed by atoms with Gasteiger partial charge in [-0.2, -0.15) is 0 Å². The van der Waals surface area contributed by atoms with Gasteiger partial charge in [0.25, 0.3) is 0 Å². The third-order valence-corrected chi connectivity index (χ3v) is 5.90. The molecule has 0 unspecified atom stereocenters. The third kappa shape index (κ3) is 3.09. The monoisotopic (exact) mass is 417 g/mol. The highest BCUT2D eigenvalue weighted by Crippen LogP contribution is 2.37. The van der Waals surface area contributed by atoms with Gasteiger partial charge in [-0.3, -0.25) is 14.2 Å². The first-order valence-electron chi connectivity index (χ1n) is 8.89. The molecule has 1 aliphatic heterocycles. The van der Waals surface area contributed by atoms with Crippen molar-refractivity contribution < 1.29 is 14.3 Å². The number of benzene rings is 1. The predicted molar refractivity (Wildman–Crippen MR) is 98.2 cm³/mol. The largest absolute Gasteiger partial charge is 0.469 e. The Morgan fingerprint density at radius 3 is 2.69 bits per heavy atom. The van der Waals surface area contributed by atoms with Crippen molar-refractivity contribution in [3.8, 4) is 5.69 Å². The molecule has 0 bridgehead atoms. The summed E-state index contributed by atoms with van der Waals surface area (Å²) in [6, 6.07) is 6.01. The standard InChI is InChI=1S/C19H20BrN3O3/c1-26-19(25)12-4-2-11(3-5-12)18-22-21-17-10-15(24)9-13-8-14(20)6-7-16(13)23(17)18/h6-8,11-12H,2-5,9-10H2,1H3/t11-,12-. The van der Waals surface area contributed by atoms with E-state index in [0.717, 1.165) is 47.2 Å². The normalized spacial score (nSPS) is 22.3. The lowest BCUT2D eigenvalue weighted by molar-refractivity contribution is -0.146. The van der Waals surface area contributed by atoms with Crippen LogP contribution in [-0.2, 0) is 27.2 Å². The molecule has 6 nitrogen and oxygen atoms in total. The molecule has 2 heterocycles. The van der Waals surface area contributed by atoms with Crippen LogP contribution in [0.5, 0.6) is 0 Å². The summed E-state index contributed by atoms with van der Waals surface area (Å²) in [5.41, 5.74) is 1.98. The molecular weight excluding hydrogens is 398 g/mol. The molecule has 0 spiro atoms. The van der Waals surface area contributed by atoms with Gasteiger partial charge in [0.2, 0.25) is 0 Å². The van der Waals surface area contributed by atoms with E-state index in [1.54, 1.807) is 0 Å². The second kappa shape index (κ2) is 6.95. The number of halogens is 1. The van der Waals surface area contributed by atoms with Crippen molar-refractivity contribution in [3.63, 3.8) is 0 Å². The number of carbonyl (C=O) groups is 2. The van der Waals surface area contributed by atoms with Crippen LogP contribution in [0.3, 0.4) is 0 Å². The lowest BCUT2D eigenvalue weighted by atomic mass is 9.81. The van der Waals surface area contributed by atoms with Crippen LogP contribution in [-0.4, -0.2) is 33.6 Å². The van der Waals surface area contributed by atoms with Crippen LogP contribution in [0.15, 0.2) is 22.7 Å². The second-order valence-corrected chi connectivity index (χ2v) is 7.96. The molecule has 0 atom stereocenters. The second-order valence-electron chi connectivity index (χ2n) is 7.05. The van der Waals surface area contributed by atoms with Crippen LogP contribution >= 0.6 is 15.9 Å². The molecule has 1 fully saturated rings. The van der Waals surface area contributed by atoms with E-state index in [2.05, 4.69) is 30.7 Å². The summed E-state index contributed by atoms with van der Waals surface area (Å²) in [5.74, 6) is 1.86. The fourth-order valence-electron chi connectivity index (χ4n) is 4.09. The number of ether oxygens (including phenoxy) is 1. The number of hydrogen-bond acceptors (Lipinski definition) is 5. The molecule has 0 radical (unpaired) electrons. The van der Waals surface area contributed by atoms with E-state index >= 15 is 0 Å². The Balaban J connectivity index is 1.69. The van der Waals surface area contributed by atoms with Crippen molar-refractivity contribution >= 4 is 27.7 Å². The first-order chi connectivity index (χ1) is 12.6. The highest BCUT2D eigenvalue weighted by Gasteiger charge is 2.32. The number of nitrogens with zero attached hydrogens (tertiary/aromatic N) is 3. The van der Waals surface area contributed by atoms with Gasteiger partial charge in [0.05, 0.1) is 25.1 Å². The number of hydrogen-bond donors (Lipinski definition) is 0. The highest BCUT2D eigenvalue weighted by molar-refractivity contribution is 9.10. The molecule has 136 valence electrons. The van der Waals surface area contributed by atoms with Crippen LogP contribution in [0, 0.1) is 5.92 Å². The van der Waals surface area contributed by atoms with Gasteiger partial charge in [0.15, 0.2) is 0 Å². The number of fused-ring (bicyclic) bond motifs is 3. The molecule has 0 N–H and O–H groups in total. The Bertz CT molecular complexity index is 869. The van der Waals surface area contributed by atoms with E-state index in [4.69, 9.17) is 4.74 Å². The first kappa shape index (κ1) is 17.4. The quantitative estimate of drug-likeness (QED) is 0.701. The van der Waals surface area contributed by atoms with Crippen molar-refractivity contribution in [3.05, 3.63) is 39.9 Å². The van der Waals surface area contributed by atoms with E-state index in [-0.39, 0.29) is 23.6 Å². The fraction of sp³-hybridized carbons (Fsp3) is 0.474. The molecule has 4 rings (SSSR count). The van der Waals surface area contributed by atoms with Crippen molar-refractivity contribution in [2.24, 2.45) is 5.92 Å². The van der Waals surface area contributed by atoms with Crippen LogP contribution in [0.2, 0.25) is 0 Å². The molecule has 1 aromatic carbocycles. The van der Waals surface area contributed by atoms with E-state index in [1.807, 2.05) is 18.2 Å². The van der Waals surface area contributed by atoms with Crippen molar-refractivity contribution in [1.29, 1.82) is 0 Å². The molecule has 1 saturated carbocycles. The third-order valence-electron chi connectivity index (χ3n) is 5.41. The Kier molecular flexibility index (Phi) is 4.65. The maximum atomic E-state index is 12.3. The van der Waals surface area contributed by atoms with Crippen molar-refractivity contribution in [1.82, 2.24) is 14.8 Å². The fourth-order valence-corrected chi connectivity index (χ4v) is 4.50. The number of aromatic nitrogens is 3. The SMILES string of the molecule is COC(=O)[C@H]1CC[C@H](c2nnc3n2-c2ccc(Br)cc2CC(=O)C3)CC1. The summed E-state index contributed by atoms with van der Waals surface area (Å²) in [7, 11) is 1.44. The van der Waals surface area contributed by atoms with Gasteiger partial charge in [-0.05, 0) is 49.4 Å². The average Bonchev–Trinajstić information content (AvgIpc) is 2.98. The minimum Gasteiger partial charge on any atom is -0.469 e. The molecule has 1 aliphatic carbocycles. The van der Waals surface area contributed by atoms with Gasteiger partial charge in [0.1, 0.15) is 17.4 Å². The summed E-state index contributed by atoms with van der Waals surface area (Å²) in [4.78, 5) is 24.1. The smallest absolute Gasteiger partial charge is 0.308 e. The Hall–Kier alpha value is -2.02. The van der Waals surface area contributed by atoms with Crippen molar-refractivity contribution in [2.45, 2.75) is 44.4 Å². The van der Waals surface area contributed by atoms with Gasteiger partial charge in [-0.15, -0.1) is 10.2 Å². The minimum absolute atomic E-state index is 0.0207. The van der Waals surface area contributed by atoms with Gasteiger partial charge >= 0.3 is 5.97 Å². The topological polar surface area (TPSA) is 74.1 Å². The zero-order valence-electron chi connectivity index (χ0n) is 14.6. The number of Topliss-reactive ketones (excluding diaryl/α,β-unsaturated/α-hetero) is 1. The highest BCUT2D eigenvalue weighted by atomic mass is 79.9. The molecule has 2 aromatic rings. The van der Waals surface area contributed by atoms with Crippen LogP contribution in [0.25, 0.3) is 5.69 Å². The molecule has 26 heavy (non-hydrogen) atoms. The number of ketones is 1. The van der Waals surface area contributed by atoms with Crippen LogP contribution in [0.4, 0.5) is 0 Å². The van der Waals surface area contributed by atoms with Gasteiger partial charge < -0.3 is 4.74 Å². The van der Waals surface area contributed by atoms with E-state index in [1.165, 1.54) is 7.11 Å². The predicted octanol–water partition coefficient (Wildman–Crippen LogP) is 3.14. The van der Waals surface area contributed by atoms with Crippen LogP contribution < -0.4 is 0 Å². The van der Waals surface area contributed by atoms with Gasteiger partial charge in [0, 0.05) is 16.8 Å². The molecule has 1 aromatic heterocycles. The zero-order valence-corrected chi connectivity index (χ0v) is 16.2. The van der Waals surface area contributed by atoms with E-state index in [0.29, 0.717) is 18.7 Å². The van der Waals surface area contributed by atoms with Gasteiger partial charge in [-0.1, -0.05) is 15.9 Å². The molecule has 0 saturated heterocycles. The molecular formula is C19H20BrN3O3. The lowest BCUT2D eigenvalue weighted by Crippen LogP contribution is -2.23. The molecule has 7 heteroatoms. The maximum Gasteiger partial charge on any atom is 0.308 e. The number of rotatable bonds is 2. The summed E-state index contributed by atoms with van der Waals surface area (Å²) in [6.07, 6.45) is 4.05. The summed E-state index contributed by atoms with van der Waals surface area (Å²) >= 11 is 3.49. The number of carbonyl (C=O) groups excluding carboxylic acids is 2. The van der Waals surface area contributed by atoms with E-state index in [9.17, 15) is 9.59 Å². The Labute approximate surface area is 160 Å². The summed E-state index contributed by atoms with van der Waals surface area (Å²) in [5, 5.41) is 8.76. The first-order valence-corrected chi connectivity index (χ1v) is 9.68.